The lowest BCUT2D eigenvalue weighted by molar-refractivity contribution is 0.408. The molecule has 0 aromatic heterocycles. The molecule has 3 aromatic carbocycles. The van der Waals surface area contributed by atoms with E-state index in [1.165, 1.54) is 13.2 Å². The Kier molecular flexibility index (Phi) is 5.56. The highest BCUT2D eigenvalue weighted by Crippen LogP contribution is 2.32. The van der Waals surface area contributed by atoms with E-state index in [1.54, 1.807) is 12.1 Å². The zero-order chi connectivity index (χ0) is 19.2. The second-order valence-electron chi connectivity index (χ2n) is 6.06. The van der Waals surface area contributed by atoms with Gasteiger partial charge in [-0.3, -0.25) is 0 Å². The van der Waals surface area contributed by atoms with E-state index in [9.17, 15) is 5.11 Å². The van der Waals surface area contributed by atoms with Crippen LogP contribution in [0.5, 0.6) is 11.5 Å². The Balaban J connectivity index is 1.76. The molecule has 0 heterocycles. The fourth-order valence-electron chi connectivity index (χ4n) is 2.44. The number of methoxy groups -OCH3 is 1. The predicted molar refractivity (Wildman–Crippen MR) is 105 cm³/mol. The molecule has 0 fully saturated rings. The molecule has 0 aliphatic rings. The first-order chi connectivity index (χ1) is 13.0. The molecular formula is C21H20N4O2. The minimum absolute atomic E-state index is 0.0124. The third-order valence-electron chi connectivity index (χ3n) is 3.91. The minimum Gasteiger partial charge on any atom is -0.505 e. The SMILES string of the molecule is COc1ccc(N=Nc2ccc(N=Nc3cccc(C)c3)c(C)c2)c(O)c1. The number of ether oxygens (including phenoxy) is 1. The summed E-state index contributed by atoms with van der Waals surface area (Å²) in [4.78, 5) is 0. The first kappa shape index (κ1) is 18.3. The van der Waals surface area contributed by atoms with Crippen LogP contribution in [-0.2, 0) is 0 Å². The molecular weight excluding hydrogens is 340 g/mol. The highest BCUT2D eigenvalue weighted by atomic mass is 16.5. The maximum Gasteiger partial charge on any atom is 0.146 e. The van der Waals surface area contributed by atoms with Gasteiger partial charge in [-0.25, -0.2) is 0 Å². The number of benzene rings is 3. The first-order valence-corrected chi connectivity index (χ1v) is 8.43. The van der Waals surface area contributed by atoms with Crippen molar-refractivity contribution in [2.24, 2.45) is 20.5 Å². The Morgan fingerprint density at radius 2 is 1.44 bits per heavy atom. The normalized spacial score (nSPS) is 11.4. The van der Waals surface area contributed by atoms with Crippen LogP contribution in [0.4, 0.5) is 22.7 Å². The monoisotopic (exact) mass is 360 g/mol. The molecule has 0 radical (unpaired) electrons. The zero-order valence-corrected chi connectivity index (χ0v) is 15.4. The molecule has 0 unspecified atom stereocenters. The number of hydrogen-bond acceptors (Lipinski definition) is 6. The van der Waals surface area contributed by atoms with Gasteiger partial charge in [0.2, 0.25) is 0 Å². The maximum absolute atomic E-state index is 9.94. The van der Waals surface area contributed by atoms with Crippen LogP contribution < -0.4 is 4.74 Å². The van der Waals surface area contributed by atoms with Gasteiger partial charge in [-0.2, -0.15) is 15.3 Å². The van der Waals surface area contributed by atoms with Gasteiger partial charge < -0.3 is 9.84 Å². The van der Waals surface area contributed by atoms with Crippen LogP contribution in [0.3, 0.4) is 0 Å². The van der Waals surface area contributed by atoms with E-state index in [4.69, 9.17) is 4.74 Å². The minimum atomic E-state index is 0.0124. The lowest BCUT2D eigenvalue weighted by Crippen LogP contribution is -1.80. The van der Waals surface area contributed by atoms with E-state index < -0.39 is 0 Å². The molecule has 3 aromatic rings. The number of hydrogen-bond donors (Lipinski definition) is 1. The summed E-state index contributed by atoms with van der Waals surface area (Å²) in [5.41, 5.74) is 4.69. The summed E-state index contributed by atoms with van der Waals surface area (Å²) in [6, 6.07) is 18.2. The highest BCUT2D eigenvalue weighted by molar-refractivity contribution is 5.56. The van der Waals surface area contributed by atoms with Gasteiger partial charge in [0.1, 0.15) is 17.2 Å². The lowest BCUT2D eigenvalue weighted by atomic mass is 10.2. The van der Waals surface area contributed by atoms with Crippen LogP contribution in [0.15, 0.2) is 81.1 Å². The van der Waals surface area contributed by atoms with Crippen molar-refractivity contribution in [2.75, 3.05) is 7.11 Å². The summed E-state index contributed by atoms with van der Waals surface area (Å²) in [5, 5.41) is 26.8. The van der Waals surface area contributed by atoms with Gasteiger partial charge in [0.15, 0.2) is 0 Å². The Bertz CT molecular complexity index is 1010. The molecule has 6 nitrogen and oxygen atoms in total. The summed E-state index contributed by atoms with van der Waals surface area (Å²) < 4.78 is 5.05. The molecule has 0 atom stereocenters. The summed E-state index contributed by atoms with van der Waals surface area (Å²) in [6.07, 6.45) is 0. The van der Waals surface area contributed by atoms with Gasteiger partial charge in [0.05, 0.1) is 24.2 Å². The van der Waals surface area contributed by atoms with Gasteiger partial charge in [0, 0.05) is 6.07 Å². The number of nitrogens with zero attached hydrogens (tertiary/aromatic N) is 4. The van der Waals surface area contributed by atoms with Gasteiger partial charge in [-0.05, 0) is 67.4 Å². The third kappa shape index (κ3) is 4.76. The number of phenolic OH excluding ortho intramolecular Hbond substituents is 1. The third-order valence-corrected chi connectivity index (χ3v) is 3.91. The molecule has 6 heteroatoms. The van der Waals surface area contributed by atoms with E-state index >= 15 is 0 Å². The van der Waals surface area contributed by atoms with Gasteiger partial charge >= 0.3 is 0 Å². The van der Waals surface area contributed by atoms with Crippen molar-refractivity contribution in [1.29, 1.82) is 0 Å². The molecule has 3 rings (SSSR count). The van der Waals surface area contributed by atoms with Gasteiger partial charge in [-0.1, -0.05) is 12.1 Å². The van der Waals surface area contributed by atoms with Crippen molar-refractivity contribution in [3.8, 4) is 11.5 Å². The molecule has 136 valence electrons. The molecule has 0 saturated heterocycles. The number of aryl methyl sites for hydroxylation is 2. The topological polar surface area (TPSA) is 78.9 Å². The fourth-order valence-corrected chi connectivity index (χ4v) is 2.44. The van der Waals surface area contributed by atoms with Crippen molar-refractivity contribution in [3.05, 3.63) is 71.8 Å². The van der Waals surface area contributed by atoms with Crippen molar-refractivity contribution in [1.82, 2.24) is 0 Å². The van der Waals surface area contributed by atoms with Crippen molar-refractivity contribution in [3.63, 3.8) is 0 Å². The molecule has 0 saturated carbocycles. The maximum atomic E-state index is 9.94. The largest absolute Gasteiger partial charge is 0.505 e. The standard InChI is InChI=1S/C21H20N4O2/c1-14-5-4-6-16(11-14)22-24-19-9-7-17(12-15(19)2)23-25-20-10-8-18(27-3)13-21(20)26/h4-13,26H,1-3H3. The predicted octanol–water partition coefficient (Wildman–Crippen LogP) is 6.85. The number of rotatable bonds is 5. The first-order valence-electron chi connectivity index (χ1n) is 8.43. The summed E-state index contributed by atoms with van der Waals surface area (Å²) in [6.45, 7) is 3.96. The number of azo groups is 2. The molecule has 0 aliphatic heterocycles. The van der Waals surface area contributed by atoms with Crippen LogP contribution in [0.2, 0.25) is 0 Å². The van der Waals surface area contributed by atoms with Crippen LogP contribution in [0.25, 0.3) is 0 Å². The molecule has 0 amide bonds. The summed E-state index contributed by atoms with van der Waals surface area (Å²) >= 11 is 0. The Morgan fingerprint density at radius 1 is 0.741 bits per heavy atom. The molecule has 0 bridgehead atoms. The van der Waals surface area contributed by atoms with E-state index in [1.807, 2.05) is 56.3 Å². The van der Waals surface area contributed by atoms with Crippen molar-refractivity contribution in [2.45, 2.75) is 13.8 Å². The summed E-state index contributed by atoms with van der Waals surface area (Å²) in [7, 11) is 1.54. The Hall–Kier alpha value is -3.54. The average Bonchev–Trinajstić information content (AvgIpc) is 2.66. The van der Waals surface area contributed by atoms with Crippen LogP contribution in [0, 0.1) is 13.8 Å². The quantitative estimate of drug-likeness (QED) is 0.505. The zero-order valence-electron chi connectivity index (χ0n) is 15.4. The van der Waals surface area contributed by atoms with Crippen molar-refractivity contribution >= 4 is 22.7 Å². The van der Waals surface area contributed by atoms with Crippen molar-refractivity contribution < 1.29 is 9.84 Å². The van der Waals surface area contributed by atoms with E-state index in [-0.39, 0.29) is 5.75 Å². The van der Waals surface area contributed by atoms with Crippen LogP contribution in [0.1, 0.15) is 11.1 Å². The van der Waals surface area contributed by atoms with Gasteiger partial charge in [0.25, 0.3) is 0 Å². The number of phenols is 1. The van der Waals surface area contributed by atoms with Crippen LogP contribution >= 0.6 is 0 Å². The fraction of sp³-hybridized carbons (Fsp3) is 0.143. The van der Waals surface area contributed by atoms with E-state index in [0.717, 1.165) is 22.5 Å². The smallest absolute Gasteiger partial charge is 0.146 e. The molecule has 27 heavy (non-hydrogen) atoms. The second kappa shape index (κ2) is 8.23. The molecule has 0 aliphatic carbocycles. The van der Waals surface area contributed by atoms with E-state index in [2.05, 4.69) is 20.5 Å². The molecule has 0 spiro atoms. The second-order valence-corrected chi connectivity index (χ2v) is 6.06. The van der Waals surface area contributed by atoms with E-state index in [0.29, 0.717) is 17.1 Å². The Labute approximate surface area is 157 Å². The average molecular weight is 360 g/mol. The molecule has 1 N–H and O–H groups in total. The Morgan fingerprint density at radius 3 is 2.11 bits per heavy atom. The number of aromatic hydroxyl groups is 1. The summed E-state index contributed by atoms with van der Waals surface area (Å²) in [5.74, 6) is 0.573. The van der Waals surface area contributed by atoms with Crippen LogP contribution in [-0.4, -0.2) is 12.2 Å². The lowest BCUT2D eigenvalue weighted by Gasteiger charge is -2.03. The van der Waals surface area contributed by atoms with Gasteiger partial charge in [-0.15, -0.1) is 5.11 Å². The highest BCUT2D eigenvalue weighted by Gasteiger charge is 2.03.